The molecule has 3 heterocycles. The van der Waals surface area contributed by atoms with Gasteiger partial charge in [0.25, 0.3) is 0 Å². The lowest BCUT2D eigenvalue weighted by atomic mass is 9.97. The SMILES string of the molecule is O=[N+]([O-])c1cn2c(n1)O[C@@H](COc1ccc(N3CCC(COc4ccc(Cl)cc4)CC3)cc1)C2. The molecule has 1 fully saturated rings. The van der Waals surface area contributed by atoms with E-state index >= 15 is 0 Å². The summed E-state index contributed by atoms with van der Waals surface area (Å²) in [5.41, 5.74) is 1.17. The molecule has 9 nitrogen and oxygen atoms in total. The lowest BCUT2D eigenvalue weighted by Crippen LogP contribution is -2.35. The molecule has 0 radical (unpaired) electrons. The topological polar surface area (TPSA) is 91.9 Å². The number of piperidine rings is 1. The van der Waals surface area contributed by atoms with E-state index in [0.717, 1.165) is 44.0 Å². The van der Waals surface area contributed by atoms with Gasteiger partial charge in [-0.25, -0.2) is 0 Å². The molecule has 0 amide bonds. The average molecular weight is 485 g/mol. The number of anilines is 1. The molecule has 0 saturated carbocycles. The van der Waals surface area contributed by atoms with Gasteiger partial charge < -0.3 is 29.2 Å². The minimum Gasteiger partial charge on any atom is -0.493 e. The molecule has 10 heteroatoms. The standard InChI is InChI=1S/C24H25ClN4O5/c25-18-1-5-20(6-2-18)32-15-17-9-11-27(12-10-17)19-3-7-21(8-4-19)33-16-22-13-28-14-23(29(30)31)26-24(28)34-22/h1-8,14,17,22H,9-13,15-16H2/t22-/m1/s1. The number of aromatic nitrogens is 2. The van der Waals surface area contributed by atoms with Crippen LogP contribution < -0.4 is 19.1 Å². The number of halogens is 1. The maximum atomic E-state index is 10.8. The van der Waals surface area contributed by atoms with Gasteiger partial charge in [-0.3, -0.25) is 4.57 Å². The van der Waals surface area contributed by atoms with Gasteiger partial charge in [0, 0.05) is 28.8 Å². The molecule has 1 saturated heterocycles. The van der Waals surface area contributed by atoms with Crippen LogP contribution in [0.2, 0.25) is 5.02 Å². The van der Waals surface area contributed by atoms with Gasteiger partial charge in [-0.05, 0) is 72.2 Å². The Labute approximate surface area is 202 Å². The number of nitro groups is 1. The molecule has 1 atom stereocenters. The third kappa shape index (κ3) is 5.20. The van der Waals surface area contributed by atoms with E-state index in [2.05, 4.69) is 22.0 Å². The summed E-state index contributed by atoms with van der Waals surface area (Å²) in [7, 11) is 0. The third-order valence-electron chi connectivity index (χ3n) is 6.14. The molecule has 178 valence electrons. The van der Waals surface area contributed by atoms with Gasteiger partial charge in [0.1, 0.15) is 24.3 Å². The Hall–Kier alpha value is -3.46. The zero-order chi connectivity index (χ0) is 23.5. The molecule has 2 aliphatic heterocycles. The molecule has 2 aliphatic rings. The summed E-state index contributed by atoms with van der Waals surface area (Å²) in [6.07, 6.45) is 3.32. The molecule has 0 N–H and O–H groups in total. The second-order valence-corrected chi connectivity index (χ2v) is 8.97. The summed E-state index contributed by atoms with van der Waals surface area (Å²) < 4.78 is 19.1. The van der Waals surface area contributed by atoms with Crippen molar-refractivity contribution < 1.29 is 19.1 Å². The molecule has 0 spiro atoms. The molecule has 3 aromatic rings. The maximum absolute atomic E-state index is 10.8. The minimum absolute atomic E-state index is 0.205. The van der Waals surface area contributed by atoms with E-state index in [0.29, 0.717) is 24.1 Å². The number of hydrogen-bond acceptors (Lipinski definition) is 7. The van der Waals surface area contributed by atoms with Gasteiger partial charge >= 0.3 is 11.8 Å². The minimum atomic E-state index is -0.528. The van der Waals surface area contributed by atoms with Crippen LogP contribution in [0.15, 0.2) is 54.7 Å². The van der Waals surface area contributed by atoms with Crippen molar-refractivity contribution in [1.82, 2.24) is 9.55 Å². The first-order valence-electron chi connectivity index (χ1n) is 11.3. The summed E-state index contributed by atoms with van der Waals surface area (Å²) in [5, 5.41) is 11.5. The first kappa shape index (κ1) is 22.3. The number of ether oxygens (including phenoxy) is 3. The summed E-state index contributed by atoms with van der Waals surface area (Å²) in [5.74, 6) is 1.95. The molecule has 1 aromatic heterocycles. The third-order valence-corrected chi connectivity index (χ3v) is 6.39. The normalized spacial score (nSPS) is 17.8. The quantitative estimate of drug-likeness (QED) is 0.341. The first-order valence-corrected chi connectivity index (χ1v) is 11.7. The summed E-state index contributed by atoms with van der Waals surface area (Å²) >= 11 is 5.92. The zero-order valence-corrected chi connectivity index (χ0v) is 19.3. The van der Waals surface area contributed by atoms with Crippen LogP contribution in [0.5, 0.6) is 17.5 Å². The zero-order valence-electron chi connectivity index (χ0n) is 18.5. The number of rotatable bonds is 8. The predicted molar refractivity (Wildman–Crippen MR) is 127 cm³/mol. The number of hydrogen-bond donors (Lipinski definition) is 0. The lowest BCUT2D eigenvalue weighted by molar-refractivity contribution is -0.389. The highest BCUT2D eigenvalue weighted by Crippen LogP contribution is 2.28. The molecular formula is C24H25ClN4O5. The second kappa shape index (κ2) is 9.80. The van der Waals surface area contributed by atoms with Crippen molar-refractivity contribution in [2.45, 2.75) is 25.5 Å². The van der Waals surface area contributed by atoms with Crippen LogP contribution in [-0.4, -0.2) is 46.9 Å². The first-order chi connectivity index (χ1) is 16.5. The van der Waals surface area contributed by atoms with Crippen molar-refractivity contribution in [2.75, 3.05) is 31.2 Å². The average Bonchev–Trinajstić information content (AvgIpc) is 3.43. The van der Waals surface area contributed by atoms with Crippen molar-refractivity contribution in [3.05, 3.63) is 69.9 Å². The van der Waals surface area contributed by atoms with E-state index < -0.39 is 4.92 Å². The summed E-state index contributed by atoms with van der Waals surface area (Å²) in [6, 6.07) is 15.8. The van der Waals surface area contributed by atoms with Gasteiger partial charge in [-0.15, -0.1) is 0 Å². The highest BCUT2D eigenvalue weighted by Gasteiger charge is 2.31. The fraction of sp³-hybridized carbons (Fsp3) is 0.375. The molecule has 0 bridgehead atoms. The fourth-order valence-corrected chi connectivity index (χ4v) is 4.36. The number of imidazole rings is 1. The van der Waals surface area contributed by atoms with E-state index in [9.17, 15) is 10.1 Å². The molecule has 2 aromatic carbocycles. The molecule has 34 heavy (non-hydrogen) atoms. The Kier molecular flexibility index (Phi) is 6.44. The van der Waals surface area contributed by atoms with E-state index in [-0.39, 0.29) is 17.9 Å². The molecule has 0 unspecified atom stereocenters. The predicted octanol–water partition coefficient (Wildman–Crippen LogP) is 4.58. The Morgan fingerprint density at radius 1 is 1.03 bits per heavy atom. The van der Waals surface area contributed by atoms with Gasteiger partial charge in [-0.2, -0.15) is 0 Å². The van der Waals surface area contributed by atoms with Gasteiger partial charge in [0.2, 0.25) is 0 Å². The number of benzene rings is 2. The molecule has 0 aliphatic carbocycles. The number of fused-ring (bicyclic) bond motifs is 1. The maximum Gasteiger partial charge on any atom is 0.414 e. The molecular weight excluding hydrogens is 460 g/mol. The Morgan fingerprint density at radius 2 is 1.68 bits per heavy atom. The largest absolute Gasteiger partial charge is 0.493 e. The highest BCUT2D eigenvalue weighted by atomic mass is 35.5. The van der Waals surface area contributed by atoms with Crippen LogP contribution in [0, 0.1) is 16.0 Å². The Bertz CT molecular complexity index is 1100. The van der Waals surface area contributed by atoms with Crippen LogP contribution in [-0.2, 0) is 6.54 Å². The van der Waals surface area contributed by atoms with E-state index in [1.54, 1.807) is 4.57 Å². The van der Waals surface area contributed by atoms with Crippen LogP contribution >= 0.6 is 11.6 Å². The van der Waals surface area contributed by atoms with Crippen molar-refractivity contribution in [2.24, 2.45) is 5.92 Å². The fourth-order valence-electron chi connectivity index (χ4n) is 4.24. The Morgan fingerprint density at radius 3 is 2.32 bits per heavy atom. The van der Waals surface area contributed by atoms with Gasteiger partial charge in [0.05, 0.1) is 13.2 Å². The van der Waals surface area contributed by atoms with Crippen molar-refractivity contribution in [1.29, 1.82) is 0 Å². The van der Waals surface area contributed by atoms with E-state index in [4.69, 9.17) is 25.8 Å². The Balaban J connectivity index is 1.05. The summed E-state index contributed by atoms with van der Waals surface area (Å²) in [4.78, 5) is 16.5. The van der Waals surface area contributed by atoms with Gasteiger partial charge in [0.15, 0.2) is 6.10 Å². The van der Waals surface area contributed by atoms with Crippen molar-refractivity contribution in [3.8, 4) is 17.5 Å². The van der Waals surface area contributed by atoms with Crippen molar-refractivity contribution in [3.63, 3.8) is 0 Å². The molecule has 5 rings (SSSR count). The van der Waals surface area contributed by atoms with Crippen LogP contribution in [0.1, 0.15) is 12.8 Å². The number of nitrogens with zero attached hydrogens (tertiary/aromatic N) is 4. The summed E-state index contributed by atoms with van der Waals surface area (Å²) in [6.45, 7) is 3.52. The second-order valence-electron chi connectivity index (χ2n) is 8.53. The van der Waals surface area contributed by atoms with E-state index in [1.807, 2.05) is 36.4 Å². The highest BCUT2D eigenvalue weighted by molar-refractivity contribution is 6.30. The van der Waals surface area contributed by atoms with Gasteiger partial charge in [-0.1, -0.05) is 11.6 Å². The van der Waals surface area contributed by atoms with Crippen LogP contribution in [0.4, 0.5) is 11.5 Å². The smallest absolute Gasteiger partial charge is 0.414 e. The van der Waals surface area contributed by atoms with E-state index in [1.165, 1.54) is 11.9 Å². The van der Waals surface area contributed by atoms with Crippen LogP contribution in [0.25, 0.3) is 0 Å². The van der Waals surface area contributed by atoms with Crippen molar-refractivity contribution >= 4 is 23.1 Å². The monoisotopic (exact) mass is 484 g/mol. The van der Waals surface area contributed by atoms with Crippen LogP contribution in [0.3, 0.4) is 0 Å². The lowest BCUT2D eigenvalue weighted by Gasteiger charge is -2.33.